The van der Waals surface area contributed by atoms with Gasteiger partial charge < -0.3 is 9.32 Å². The van der Waals surface area contributed by atoms with Gasteiger partial charge in [0, 0.05) is 32.6 Å². The molecule has 1 aromatic heterocycles. The summed E-state index contributed by atoms with van der Waals surface area (Å²) in [5.41, 5.74) is 8.46. The molecule has 0 atom stereocenters. The molecule has 1 fully saturated rings. The van der Waals surface area contributed by atoms with Crippen LogP contribution in [0.4, 0.5) is 0 Å². The van der Waals surface area contributed by atoms with E-state index in [4.69, 9.17) is 4.42 Å². The van der Waals surface area contributed by atoms with Gasteiger partial charge >= 0.3 is 0 Å². The largest absolute Gasteiger partial charge is 0.456 e. The summed E-state index contributed by atoms with van der Waals surface area (Å²) in [7, 11) is 0. The number of fused-ring (bicyclic) bond motifs is 1. The zero-order chi connectivity index (χ0) is 29.5. The molecule has 1 aliphatic heterocycles. The van der Waals surface area contributed by atoms with Gasteiger partial charge in [-0.1, -0.05) is 100 Å². The lowest BCUT2D eigenvalue weighted by atomic mass is 9.62. The van der Waals surface area contributed by atoms with Crippen molar-refractivity contribution in [2.24, 2.45) is 0 Å². The highest BCUT2D eigenvalue weighted by Crippen LogP contribution is 2.46. The van der Waals surface area contributed by atoms with Crippen molar-refractivity contribution in [1.82, 2.24) is 9.80 Å². The Kier molecular flexibility index (Phi) is 7.61. The van der Waals surface area contributed by atoms with Crippen molar-refractivity contribution >= 4 is 5.91 Å². The van der Waals surface area contributed by atoms with Gasteiger partial charge in [-0.3, -0.25) is 9.69 Å². The first kappa shape index (κ1) is 28.5. The van der Waals surface area contributed by atoms with Gasteiger partial charge in [-0.2, -0.15) is 0 Å². The minimum atomic E-state index is -0.0121. The number of hydrogen-bond acceptors (Lipinski definition) is 3. The van der Waals surface area contributed by atoms with Gasteiger partial charge in [-0.15, -0.1) is 0 Å². The molecule has 0 spiro atoms. The molecule has 4 aromatic rings. The first-order valence-corrected chi connectivity index (χ1v) is 15.5. The fourth-order valence-electron chi connectivity index (χ4n) is 6.96. The first-order chi connectivity index (χ1) is 20.1. The average molecular weight is 561 g/mol. The van der Waals surface area contributed by atoms with Gasteiger partial charge in [-0.05, 0) is 76.1 Å². The molecule has 2 heterocycles. The second-order valence-electron chi connectivity index (χ2n) is 13.6. The van der Waals surface area contributed by atoms with Gasteiger partial charge in [0.2, 0.25) is 0 Å². The third-order valence-corrected chi connectivity index (χ3v) is 9.74. The molecule has 6 rings (SSSR count). The first-order valence-electron chi connectivity index (χ1n) is 15.5. The van der Waals surface area contributed by atoms with Gasteiger partial charge in [0.05, 0.1) is 6.04 Å². The quantitative estimate of drug-likeness (QED) is 0.239. The van der Waals surface area contributed by atoms with Crippen molar-refractivity contribution in [3.63, 3.8) is 0 Å². The van der Waals surface area contributed by atoms with E-state index in [1.165, 1.54) is 46.2 Å². The van der Waals surface area contributed by atoms with Crippen molar-refractivity contribution in [3.05, 3.63) is 130 Å². The molecule has 1 saturated heterocycles. The number of carbonyl (C=O) groups is 1. The zero-order valence-corrected chi connectivity index (χ0v) is 25.8. The summed E-state index contributed by atoms with van der Waals surface area (Å²) >= 11 is 0. The Morgan fingerprint density at radius 2 is 1.31 bits per heavy atom. The van der Waals surface area contributed by atoms with Crippen LogP contribution in [0.2, 0.25) is 0 Å². The minimum absolute atomic E-state index is 0.0121. The van der Waals surface area contributed by atoms with Gasteiger partial charge in [0.1, 0.15) is 5.76 Å². The Morgan fingerprint density at radius 3 is 1.88 bits per heavy atom. The molecule has 1 aliphatic carbocycles. The zero-order valence-electron chi connectivity index (χ0n) is 25.8. The summed E-state index contributed by atoms with van der Waals surface area (Å²) in [6.07, 6.45) is 3.11. The highest BCUT2D eigenvalue weighted by Gasteiger charge is 2.37. The lowest BCUT2D eigenvalue weighted by molar-refractivity contribution is 0.0566. The lowest BCUT2D eigenvalue weighted by Crippen LogP contribution is -2.49. The van der Waals surface area contributed by atoms with Crippen LogP contribution in [0, 0.1) is 6.92 Å². The number of amides is 1. The highest BCUT2D eigenvalue weighted by atomic mass is 16.4. The maximum absolute atomic E-state index is 13.5. The summed E-state index contributed by atoms with van der Waals surface area (Å²) in [4.78, 5) is 17.9. The maximum atomic E-state index is 13.5. The van der Waals surface area contributed by atoms with Crippen LogP contribution in [0.5, 0.6) is 0 Å². The minimum Gasteiger partial charge on any atom is -0.456 e. The lowest BCUT2D eigenvalue weighted by Gasteiger charge is -2.42. The van der Waals surface area contributed by atoms with Crippen molar-refractivity contribution in [2.75, 3.05) is 26.2 Å². The molecule has 218 valence electrons. The van der Waals surface area contributed by atoms with Crippen molar-refractivity contribution in [1.29, 1.82) is 0 Å². The van der Waals surface area contributed by atoms with E-state index in [1.807, 2.05) is 17.0 Å². The highest BCUT2D eigenvalue weighted by molar-refractivity contribution is 5.91. The van der Waals surface area contributed by atoms with E-state index in [-0.39, 0.29) is 22.8 Å². The molecule has 0 unspecified atom stereocenters. The maximum Gasteiger partial charge on any atom is 0.289 e. The fraction of sp³-hybridized carbons (Fsp3) is 0.395. The van der Waals surface area contributed by atoms with Crippen LogP contribution >= 0.6 is 0 Å². The molecule has 4 nitrogen and oxygen atoms in total. The predicted octanol–water partition coefficient (Wildman–Crippen LogP) is 8.08. The van der Waals surface area contributed by atoms with Crippen LogP contribution < -0.4 is 0 Å². The number of nitrogens with zero attached hydrogens (tertiary/aromatic N) is 2. The standard InChI is InChI=1S/C38H44N2O2/c1-27-24-32-33(38(4,5)19-18-37(32,2)3)26-30(27)25-31-16-17-34(42-31)36(41)40-22-20-39(21-23-40)35(28-12-8-6-9-13-28)29-14-10-7-11-15-29/h6-17,24,26,35H,18-23,25H2,1-5H3. The normalized spacial score (nSPS) is 18.2. The van der Waals surface area contributed by atoms with Crippen LogP contribution in [0.25, 0.3) is 0 Å². The molecule has 0 N–H and O–H groups in total. The van der Waals surface area contributed by atoms with E-state index in [0.29, 0.717) is 25.3 Å². The number of rotatable bonds is 6. The van der Waals surface area contributed by atoms with Gasteiger partial charge in [-0.25, -0.2) is 0 Å². The Labute approximate surface area is 251 Å². The van der Waals surface area contributed by atoms with E-state index >= 15 is 0 Å². The van der Waals surface area contributed by atoms with Crippen molar-refractivity contribution in [3.8, 4) is 0 Å². The molecule has 0 bridgehead atoms. The Balaban J connectivity index is 1.15. The number of aryl methyl sites for hydroxylation is 1. The van der Waals surface area contributed by atoms with Gasteiger partial charge in [0.15, 0.2) is 5.76 Å². The molecule has 42 heavy (non-hydrogen) atoms. The predicted molar refractivity (Wildman–Crippen MR) is 170 cm³/mol. The third kappa shape index (κ3) is 5.57. The number of benzene rings is 3. The SMILES string of the molecule is Cc1cc2c(cc1Cc1ccc(C(=O)N3CCN(C(c4ccccc4)c4ccccc4)CC3)o1)C(C)(C)CCC2(C)C. The van der Waals surface area contributed by atoms with Crippen LogP contribution in [-0.4, -0.2) is 41.9 Å². The van der Waals surface area contributed by atoms with E-state index in [2.05, 4.69) is 112 Å². The number of furan rings is 1. The second-order valence-corrected chi connectivity index (χ2v) is 13.6. The van der Waals surface area contributed by atoms with Crippen LogP contribution in [0.3, 0.4) is 0 Å². The Bertz CT molecular complexity index is 1500. The van der Waals surface area contributed by atoms with E-state index in [9.17, 15) is 4.79 Å². The number of carbonyl (C=O) groups excluding carboxylic acids is 1. The van der Waals surface area contributed by atoms with E-state index in [1.54, 1.807) is 0 Å². The number of hydrogen-bond donors (Lipinski definition) is 0. The van der Waals surface area contributed by atoms with E-state index in [0.717, 1.165) is 18.8 Å². The van der Waals surface area contributed by atoms with Gasteiger partial charge in [0.25, 0.3) is 5.91 Å². The van der Waals surface area contributed by atoms with Crippen LogP contribution in [-0.2, 0) is 17.3 Å². The Hall–Kier alpha value is -3.63. The van der Waals surface area contributed by atoms with Crippen molar-refractivity contribution in [2.45, 2.75) is 70.8 Å². The van der Waals surface area contributed by atoms with E-state index < -0.39 is 0 Å². The van der Waals surface area contributed by atoms with Crippen LogP contribution in [0.15, 0.2) is 89.3 Å². The molecule has 4 heteroatoms. The summed E-state index contributed by atoms with van der Waals surface area (Å²) < 4.78 is 6.20. The summed E-state index contributed by atoms with van der Waals surface area (Å²) in [6, 6.07) is 30.2. The van der Waals surface area contributed by atoms with Crippen LogP contribution in [0.1, 0.15) is 96.3 Å². The topological polar surface area (TPSA) is 36.7 Å². The summed E-state index contributed by atoms with van der Waals surface area (Å²) in [6.45, 7) is 14.7. The third-order valence-electron chi connectivity index (χ3n) is 9.74. The Morgan fingerprint density at radius 1 is 0.762 bits per heavy atom. The number of piperazine rings is 1. The molecular formula is C38H44N2O2. The molecular weight excluding hydrogens is 516 g/mol. The second kappa shape index (κ2) is 11.2. The molecule has 3 aromatic carbocycles. The molecule has 2 aliphatic rings. The smallest absolute Gasteiger partial charge is 0.289 e. The molecule has 0 radical (unpaired) electrons. The molecule has 1 amide bonds. The summed E-state index contributed by atoms with van der Waals surface area (Å²) in [5.74, 6) is 1.28. The monoisotopic (exact) mass is 560 g/mol. The van der Waals surface area contributed by atoms with Crippen molar-refractivity contribution < 1.29 is 9.21 Å². The fourth-order valence-corrected chi connectivity index (χ4v) is 6.96. The average Bonchev–Trinajstić information content (AvgIpc) is 3.46. The molecule has 0 saturated carbocycles. The summed E-state index contributed by atoms with van der Waals surface area (Å²) in [5, 5.41) is 0.